The van der Waals surface area contributed by atoms with Gasteiger partial charge in [0.1, 0.15) is 0 Å². The largest absolute Gasteiger partial charge is 0.416 e. The highest BCUT2D eigenvalue weighted by Gasteiger charge is 2.31. The molecule has 6 heteroatoms. The quantitative estimate of drug-likeness (QED) is 0.816. The fourth-order valence-corrected chi connectivity index (χ4v) is 1.17. The van der Waals surface area contributed by atoms with Gasteiger partial charge in [-0.25, -0.2) is 0 Å². The van der Waals surface area contributed by atoms with E-state index in [2.05, 4.69) is 4.98 Å². The van der Waals surface area contributed by atoms with Crippen molar-refractivity contribution in [2.75, 3.05) is 0 Å². The van der Waals surface area contributed by atoms with Crippen LogP contribution in [0.5, 0.6) is 0 Å². The van der Waals surface area contributed by atoms with Crippen molar-refractivity contribution in [2.45, 2.75) is 19.5 Å². The van der Waals surface area contributed by atoms with Crippen LogP contribution in [0.1, 0.15) is 17.0 Å². The average molecular weight is 218 g/mol. The molecule has 0 aliphatic heterocycles. The van der Waals surface area contributed by atoms with Crippen molar-refractivity contribution in [1.29, 1.82) is 0 Å². The van der Waals surface area contributed by atoms with Crippen LogP contribution in [0, 0.1) is 6.92 Å². The SMILES string of the molecule is Cc1cc(C(F)(F)F)cc(CC(N)=O)n1. The molecule has 0 spiro atoms. The first-order valence-electron chi connectivity index (χ1n) is 4.12. The monoisotopic (exact) mass is 218 g/mol. The van der Waals surface area contributed by atoms with Crippen LogP contribution in [0.4, 0.5) is 13.2 Å². The van der Waals surface area contributed by atoms with E-state index in [-0.39, 0.29) is 17.8 Å². The van der Waals surface area contributed by atoms with E-state index in [1.165, 1.54) is 6.92 Å². The van der Waals surface area contributed by atoms with E-state index in [0.717, 1.165) is 12.1 Å². The molecule has 1 aromatic rings. The summed E-state index contributed by atoms with van der Waals surface area (Å²) in [5.74, 6) is -0.707. The van der Waals surface area contributed by atoms with Gasteiger partial charge in [0.05, 0.1) is 17.7 Å². The zero-order valence-corrected chi connectivity index (χ0v) is 7.93. The first kappa shape index (κ1) is 11.5. The summed E-state index contributed by atoms with van der Waals surface area (Å²) in [6, 6.07) is 1.75. The molecule has 2 N–H and O–H groups in total. The minimum Gasteiger partial charge on any atom is -0.369 e. The number of alkyl halides is 3. The smallest absolute Gasteiger partial charge is 0.369 e. The van der Waals surface area contributed by atoms with E-state index in [0.29, 0.717) is 0 Å². The molecule has 0 atom stereocenters. The molecule has 1 amide bonds. The number of aromatic nitrogens is 1. The molecule has 1 heterocycles. The second-order valence-corrected chi connectivity index (χ2v) is 3.13. The number of amides is 1. The number of nitrogens with two attached hydrogens (primary N) is 1. The predicted octanol–water partition coefficient (Wildman–Crippen LogP) is 1.44. The number of hydrogen-bond donors (Lipinski definition) is 1. The number of carbonyl (C=O) groups is 1. The Hall–Kier alpha value is -1.59. The summed E-state index contributed by atoms with van der Waals surface area (Å²) in [6.45, 7) is 1.43. The van der Waals surface area contributed by atoms with Crippen molar-refractivity contribution < 1.29 is 18.0 Å². The fourth-order valence-electron chi connectivity index (χ4n) is 1.17. The Morgan fingerprint density at radius 1 is 1.47 bits per heavy atom. The summed E-state index contributed by atoms with van der Waals surface area (Å²) in [5.41, 5.74) is 4.31. The van der Waals surface area contributed by atoms with E-state index < -0.39 is 17.6 Å². The molecule has 1 rings (SSSR count). The van der Waals surface area contributed by atoms with Crippen LogP contribution in [-0.2, 0) is 17.4 Å². The van der Waals surface area contributed by atoms with E-state index >= 15 is 0 Å². The van der Waals surface area contributed by atoms with Crippen molar-refractivity contribution >= 4 is 5.91 Å². The van der Waals surface area contributed by atoms with Crippen LogP contribution in [0.15, 0.2) is 12.1 Å². The Bertz CT molecular complexity index is 387. The number of carbonyl (C=O) groups excluding carboxylic acids is 1. The van der Waals surface area contributed by atoms with E-state index in [1.807, 2.05) is 0 Å². The lowest BCUT2D eigenvalue weighted by atomic mass is 10.1. The van der Waals surface area contributed by atoms with Gasteiger partial charge in [0, 0.05) is 5.69 Å². The number of nitrogens with zero attached hydrogens (tertiary/aromatic N) is 1. The maximum atomic E-state index is 12.3. The summed E-state index contributed by atoms with van der Waals surface area (Å²) in [5, 5.41) is 0. The second-order valence-electron chi connectivity index (χ2n) is 3.13. The van der Waals surface area contributed by atoms with Crippen LogP contribution >= 0.6 is 0 Å². The maximum Gasteiger partial charge on any atom is 0.416 e. The Morgan fingerprint density at radius 3 is 2.53 bits per heavy atom. The van der Waals surface area contributed by atoms with Crippen molar-refractivity contribution in [1.82, 2.24) is 4.98 Å². The van der Waals surface area contributed by atoms with E-state index in [1.54, 1.807) is 0 Å². The van der Waals surface area contributed by atoms with E-state index in [9.17, 15) is 18.0 Å². The van der Waals surface area contributed by atoms with Crippen molar-refractivity contribution in [3.05, 3.63) is 29.1 Å². The minimum atomic E-state index is -4.43. The molecule has 0 saturated carbocycles. The number of primary amides is 1. The molecule has 15 heavy (non-hydrogen) atoms. The summed E-state index contributed by atoms with van der Waals surface area (Å²) < 4.78 is 37.0. The zero-order chi connectivity index (χ0) is 11.6. The van der Waals surface area contributed by atoms with Gasteiger partial charge in [-0.3, -0.25) is 9.78 Å². The van der Waals surface area contributed by atoms with Gasteiger partial charge in [0.2, 0.25) is 5.91 Å². The maximum absolute atomic E-state index is 12.3. The summed E-state index contributed by atoms with van der Waals surface area (Å²) in [4.78, 5) is 14.3. The molecule has 3 nitrogen and oxygen atoms in total. The number of aryl methyl sites for hydroxylation is 1. The normalized spacial score (nSPS) is 11.5. The Labute approximate surface area is 84.1 Å². The van der Waals surface area contributed by atoms with Gasteiger partial charge in [0.15, 0.2) is 0 Å². The molecule has 0 radical (unpaired) electrons. The molecule has 0 aliphatic carbocycles. The van der Waals surface area contributed by atoms with Gasteiger partial charge in [0.25, 0.3) is 0 Å². The molecular weight excluding hydrogens is 209 g/mol. The Morgan fingerprint density at radius 2 is 2.07 bits per heavy atom. The lowest BCUT2D eigenvalue weighted by Gasteiger charge is -2.08. The van der Waals surface area contributed by atoms with Crippen LogP contribution in [0.25, 0.3) is 0 Å². The first-order valence-corrected chi connectivity index (χ1v) is 4.12. The first-order chi connectivity index (χ1) is 6.79. The summed E-state index contributed by atoms with van der Waals surface area (Å²) in [6.07, 6.45) is -4.72. The fraction of sp³-hybridized carbons (Fsp3) is 0.333. The van der Waals surface area contributed by atoms with Crippen LogP contribution in [-0.4, -0.2) is 10.9 Å². The van der Waals surface area contributed by atoms with Crippen LogP contribution in [0.2, 0.25) is 0 Å². The molecular formula is C9H9F3N2O. The molecule has 82 valence electrons. The van der Waals surface area contributed by atoms with Gasteiger partial charge < -0.3 is 5.73 Å². The molecule has 1 aromatic heterocycles. The number of hydrogen-bond acceptors (Lipinski definition) is 2. The summed E-state index contributed by atoms with van der Waals surface area (Å²) in [7, 11) is 0. The highest BCUT2D eigenvalue weighted by atomic mass is 19.4. The van der Waals surface area contributed by atoms with Crippen LogP contribution < -0.4 is 5.73 Å². The van der Waals surface area contributed by atoms with E-state index in [4.69, 9.17) is 5.73 Å². The third-order valence-electron chi connectivity index (χ3n) is 1.69. The minimum absolute atomic E-state index is 0.0369. The molecule has 0 unspecified atom stereocenters. The molecule has 0 fully saturated rings. The lowest BCUT2D eigenvalue weighted by molar-refractivity contribution is -0.137. The lowest BCUT2D eigenvalue weighted by Crippen LogP contribution is -2.16. The third-order valence-corrected chi connectivity index (χ3v) is 1.69. The van der Waals surface area contributed by atoms with Gasteiger partial charge >= 0.3 is 6.18 Å². The van der Waals surface area contributed by atoms with Crippen molar-refractivity contribution in [2.24, 2.45) is 5.73 Å². The van der Waals surface area contributed by atoms with Gasteiger partial charge in [-0.1, -0.05) is 0 Å². The molecule has 0 aliphatic rings. The van der Waals surface area contributed by atoms with Gasteiger partial charge in [-0.05, 0) is 19.1 Å². The number of rotatable bonds is 2. The number of halogens is 3. The standard InChI is InChI=1S/C9H9F3N2O/c1-5-2-6(9(10,11)12)3-7(14-5)4-8(13)15/h2-3H,4H2,1H3,(H2,13,15). The van der Waals surface area contributed by atoms with Crippen molar-refractivity contribution in [3.8, 4) is 0 Å². The van der Waals surface area contributed by atoms with Crippen LogP contribution in [0.3, 0.4) is 0 Å². The topological polar surface area (TPSA) is 56.0 Å². The Balaban J connectivity index is 3.11. The molecule has 0 aromatic carbocycles. The predicted molar refractivity (Wildman–Crippen MR) is 46.9 cm³/mol. The second kappa shape index (κ2) is 3.88. The molecule has 0 bridgehead atoms. The zero-order valence-electron chi connectivity index (χ0n) is 7.93. The average Bonchev–Trinajstić information content (AvgIpc) is 1.99. The summed E-state index contributed by atoms with van der Waals surface area (Å²) >= 11 is 0. The third kappa shape index (κ3) is 3.23. The van der Waals surface area contributed by atoms with Gasteiger partial charge in [-0.2, -0.15) is 13.2 Å². The Kier molecular flexibility index (Phi) is 2.97. The highest BCUT2D eigenvalue weighted by Crippen LogP contribution is 2.29. The van der Waals surface area contributed by atoms with Crippen molar-refractivity contribution in [3.63, 3.8) is 0 Å². The van der Waals surface area contributed by atoms with Gasteiger partial charge in [-0.15, -0.1) is 0 Å². The number of pyridine rings is 1. The molecule has 0 saturated heterocycles. The highest BCUT2D eigenvalue weighted by molar-refractivity contribution is 5.76.